The SMILES string of the molecule is Cc1ccc(C2CC(C(F)(F)F)n3ncc(C(=O)N(C)Cc4c(C)nn(C)c4C)c3N2)cc1. The molecule has 2 aromatic heterocycles. The lowest BCUT2D eigenvalue weighted by atomic mass is 9.96. The van der Waals surface area contributed by atoms with Crippen LogP contribution in [0.3, 0.4) is 0 Å². The van der Waals surface area contributed by atoms with Crippen molar-refractivity contribution in [2.75, 3.05) is 12.4 Å². The molecule has 176 valence electrons. The van der Waals surface area contributed by atoms with Crippen LogP contribution in [0.25, 0.3) is 0 Å². The zero-order chi connectivity index (χ0) is 24.1. The topological polar surface area (TPSA) is 68.0 Å². The van der Waals surface area contributed by atoms with Gasteiger partial charge < -0.3 is 10.2 Å². The van der Waals surface area contributed by atoms with E-state index in [0.29, 0.717) is 6.54 Å². The van der Waals surface area contributed by atoms with Crippen molar-refractivity contribution in [3.8, 4) is 0 Å². The van der Waals surface area contributed by atoms with Gasteiger partial charge in [-0.05, 0) is 26.3 Å². The van der Waals surface area contributed by atoms with Gasteiger partial charge in [0, 0.05) is 38.3 Å². The first kappa shape index (κ1) is 22.9. The van der Waals surface area contributed by atoms with Crippen LogP contribution in [-0.2, 0) is 13.6 Å². The van der Waals surface area contributed by atoms with Crippen LogP contribution >= 0.6 is 0 Å². The number of rotatable bonds is 4. The predicted molar refractivity (Wildman–Crippen MR) is 118 cm³/mol. The van der Waals surface area contributed by atoms with Gasteiger partial charge in [-0.15, -0.1) is 0 Å². The van der Waals surface area contributed by atoms with Gasteiger partial charge in [0.1, 0.15) is 11.4 Å². The zero-order valence-corrected chi connectivity index (χ0v) is 19.2. The van der Waals surface area contributed by atoms with Crippen molar-refractivity contribution in [1.29, 1.82) is 0 Å². The summed E-state index contributed by atoms with van der Waals surface area (Å²) in [6.45, 7) is 5.99. The van der Waals surface area contributed by atoms with E-state index in [4.69, 9.17) is 0 Å². The molecule has 3 aromatic rings. The van der Waals surface area contributed by atoms with Crippen LogP contribution in [0.15, 0.2) is 30.5 Å². The molecule has 0 fully saturated rings. The van der Waals surface area contributed by atoms with E-state index in [9.17, 15) is 18.0 Å². The molecule has 7 nitrogen and oxygen atoms in total. The number of hydrogen-bond acceptors (Lipinski definition) is 4. The molecule has 10 heteroatoms. The Kier molecular flexibility index (Phi) is 5.71. The van der Waals surface area contributed by atoms with Crippen molar-refractivity contribution in [2.45, 2.75) is 52.0 Å². The third-order valence-electron chi connectivity index (χ3n) is 6.35. The van der Waals surface area contributed by atoms with Crippen LogP contribution in [0.5, 0.6) is 0 Å². The standard InChI is InChI=1S/C23H27F3N6O/c1-13-6-8-16(9-7-13)19-10-20(23(24,25)26)32-21(28-19)17(11-27-32)22(33)30(4)12-18-14(2)29-31(5)15(18)3/h6-9,11,19-20,28H,10,12H2,1-5H3. The molecule has 1 aliphatic rings. The number of anilines is 1. The summed E-state index contributed by atoms with van der Waals surface area (Å²) >= 11 is 0. The Hall–Kier alpha value is -3.30. The molecule has 1 aromatic carbocycles. The van der Waals surface area contributed by atoms with E-state index >= 15 is 0 Å². The van der Waals surface area contributed by atoms with Gasteiger partial charge in [-0.2, -0.15) is 23.4 Å². The lowest BCUT2D eigenvalue weighted by Gasteiger charge is -2.34. The lowest BCUT2D eigenvalue weighted by Crippen LogP contribution is -2.36. The van der Waals surface area contributed by atoms with E-state index in [1.54, 1.807) is 11.7 Å². The Bertz CT molecular complexity index is 1180. The highest BCUT2D eigenvalue weighted by molar-refractivity contribution is 5.98. The minimum atomic E-state index is -4.50. The molecule has 0 radical (unpaired) electrons. The van der Waals surface area contributed by atoms with Gasteiger partial charge in [-0.1, -0.05) is 29.8 Å². The molecule has 0 saturated carbocycles. The normalized spacial score (nSPS) is 18.1. The first-order valence-corrected chi connectivity index (χ1v) is 10.7. The number of carbonyl (C=O) groups is 1. The second kappa shape index (κ2) is 8.24. The number of alkyl halides is 3. The predicted octanol–water partition coefficient (Wildman–Crippen LogP) is 4.47. The summed E-state index contributed by atoms with van der Waals surface area (Å²) < 4.78 is 44.4. The maximum Gasteiger partial charge on any atom is 0.410 e. The summed E-state index contributed by atoms with van der Waals surface area (Å²) in [5.41, 5.74) is 4.51. The highest BCUT2D eigenvalue weighted by Crippen LogP contribution is 2.44. The molecule has 1 aliphatic heterocycles. The van der Waals surface area contributed by atoms with Gasteiger partial charge in [-0.3, -0.25) is 9.48 Å². The van der Waals surface area contributed by atoms with E-state index in [-0.39, 0.29) is 17.8 Å². The summed E-state index contributed by atoms with van der Waals surface area (Å²) in [4.78, 5) is 14.8. The molecule has 0 saturated heterocycles. The van der Waals surface area contributed by atoms with E-state index < -0.39 is 24.2 Å². The van der Waals surface area contributed by atoms with Gasteiger partial charge in [0.05, 0.1) is 17.9 Å². The largest absolute Gasteiger partial charge is 0.410 e. The van der Waals surface area contributed by atoms with Gasteiger partial charge >= 0.3 is 6.18 Å². The number of fused-ring (bicyclic) bond motifs is 1. The van der Waals surface area contributed by atoms with Crippen LogP contribution in [0.2, 0.25) is 0 Å². The molecule has 33 heavy (non-hydrogen) atoms. The Morgan fingerprint density at radius 1 is 1.21 bits per heavy atom. The molecule has 1 N–H and O–H groups in total. The van der Waals surface area contributed by atoms with Gasteiger partial charge in [-0.25, -0.2) is 4.68 Å². The third-order valence-corrected chi connectivity index (χ3v) is 6.35. The van der Waals surface area contributed by atoms with Crippen LogP contribution in [0.1, 0.15) is 56.9 Å². The fourth-order valence-electron chi connectivity index (χ4n) is 4.30. The summed E-state index contributed by atoms with van der Waals surface area (Å²) in [7, 11) is 3.45. The fraction of sp³-hybridized carbons (Fsp3) is 0.435. The van der Waals surface area contributed by atoms with E-state index in [1.807, 2.05) is 52.1 Å². The minimum absolute atomic E-state index is 0.0885. The third kappa shape index (κ3) is 4.21. The van der Waals surface area contributed by atoms with Gasteiger partial charge in [0.15, 0.2) is 6.04 Å². The smallest absolute Gasteiger partial charge is 0.363 e. The number of aryl methyl sites for hydroxylation is 3. The molecule has 1 amide bonds. The molecule has 0 spiro atoms. The maximum atomic E-state index is 13.9. The highest BCUT2D eigenvalue weighted by Gasteiger charge is 2.47. The molecule has 4 rings (SSSR count). The second-order valence-electron chi connectivity index (χ2n) is 8.69. The fourth-order valence-corrected chi connectivity index (χ4v) is 4.30. The summed E-state index contributed by atoms with van der Waals surface area (Å²) in [6.07, 6.45) is -3.48. The van der Waals surface area contributed by atoms with E-state index in [0.717, 1.165) is 32.8 Å². The Labute approximate surface area is 190 Å². The van der Waals surface area contributed by atoms with Crippen LogP contribution < -0.4 is 5.32 Å². The average Bonchev–Trinajstić information content (AvgIpc) is 3.28. The Balaban J connectivity index is 1.67. The number of aromatic nitrogens is 4. The first-order valence-electron chi connectivity index (χ1n) is 10.7. The number of benzene rings is 1. The highest BCUT2D eigenvalue weighted by atomic mass is 19.4. The molecule has 0 aliphatic carbocycles. The van der Waals surface area contributed by atoms with Crippen molar-refractivity contribution in [3.05, 3.63) is 64.1 Å². The second-order valence-corrected chi connectivity index (χ2v) is 8.69. The Morgan fingerprint density at radius 2 is 1.88 bits per heavy atom. The van der Waals surface area contributed by atoms with Gasteiger partial charge in [0.25, 0.3) is 5.91 Å². The van der Waals surface area contributed by atoms with Crippen molar-refractivity contribution >= 4 is 11.7 Å². The quantitative estimate of drug-likeness (QED) is 0.624. The van der Waals surface area contributed by atoms with Crippen molar-refractivity contribution in [3.63, 3.8) is 0 Å². The lowest BCUT2D eigenvalue weighted by molar-refractivity contribution is -0.173. The van der Waals surface area contributed by atoms with E-state index in [2.05, 4.69) is 15.5 Å². The number of carbonyl (C=O) groups excluding carboxylic acids is 1. The minimum Gasteiger partial charge on any atom is -0.363 e. The monoisotopic (exact) mass is 460 g/mol. The molecule has 0 bridgehead atoms. The first-order chi connectivity index (χ1) is 15.5. The van der Waals surface area contributed by atoms with Crippen LogP contribution in [0.4, 0.5) is 19.0 Å². The number of hydrogen-bond donors (Lipinski definition) is 1. The summed E-state index contributed by atoms with van der Waals surface area (Å²) in [6, 6.07) is 4.94. The van der Waals surface area contributed by atoms with Crippen molar-refractivity contribution < 1.29 is 18.0 Å². The number of nitrogens with zero attached hydrogens (tertiary/aromatic N) is 5. The van der Waals surface area contributed by atoms with Crippen molar-refractivity contribution in [1.82, 2.24) is 24.5 Å². The number of nitrogens with one attached hydrogen (secondary N) is 1. The number of halogens is 3. The van der Waals surface area contributed by atoms with Crippen molar-refractivity contribution in [2.24, 2.45) is 7.05 Å². The van der Waals surface area contributed by atoms with Crippen LogP contribution in [0, 0.1) is 20.8 Å². The maximum absolute atomic E-state index is 13.9. The van der Waals surface area contributed by atoms with E-state index in [1.165, 1.54) is 11.1 Å². The zero-order valence-electron chi connectivity index (χ0n) is 19.2. The molecular formula is C23H27F3N6O. The summed E-state index contributed by atoms with van der Waals surface area (Å²) in [5.74, 6) is -0.317. The summed E-state index contributed by atoms with van der Waals surface area (Å²) in [5, 5.41) is 11.5. The average molecular weight is 461 g/mol. The molecular weight excluding hydrogens is 433 g/mol. The van der Waals surface area contributed by atoms with Gasteiger partial charge in [0.2, 0.25) is 0 Å². The molecule has 3 heterocycles. The van der Waals surface area contributed by atoms with Crippen LogP contribution in [-0.4, -0.2) is 43.6 Å². The Morgan fingerprint density at radius 3 is 2.45 bits per heavy atom. The molecule has 2 unspecified atom stereocenters. The molecule has 2 atom stereocenters. The number of amides is 1.